The Kier molecular flexibility index (Phi) is 6.12. The predicted molar refractivity (Wildman–Crippen MR) is 73.7 cm³/mol. The molecule has 0 saturated carbocycles. The third kappa shape index (κ3) is 4.64. The molecule has 1 rings (SSSR count). The Morgan fingerprint density at radius 1 is 1.28 bits per heavy atom. The minimum atomic E-state index is 0.115. The molecule has 5 nitrogen and oxygen atoms in total. The Labute approximate surface area is 110 Å². The first kappa shape index (κ1) is 15.0. The molecule has 0 radical (unpaired) electrons. The van der Waals surface area contributed by atoms with Crippen LogP contribution in [0.4, 0.5) is 6.01 Å². The molecule has 0 aliphatic heterocycles. The second-order valence-electron chi connectivity index (χ2n) is 5.20. The van der Waals surface area contributed by atoms with Crippen LogP contribution in [0.15, 0.2) is 4.42 Å². The third-order valence-corrected chi connectivity index (χ3v) is 2.87. The molecule has 1 unspecified atom stereocenters. The van der Waals surface area contributed by atoms with Crippen molar-refractivity contribution in [3.63, 3.8) is 0 Å². The quantitative estimate of drug-likeness (QED) is 0.773. The van der Waals surface area contributed by atoms with Gasteiger partial charge in [0.2, 0.25) is 5.89 Å². The molecule has 0 saturated heterocycles. The van der Waals surface area contributed by atoms with Gasteiger partial charge in [0.25, 0.3) is 0 Å². The van der Waals surface area contributed by atoms with Gasteiger partial charge in [0.1, 0.15) is 0 Å². The van der Waals surface area contributed by atoms with Crippen molar-refractivity contribution in [2.75, 3.05) is 25.0 Å². The first-order valence-corrected chi connectivity index (χ1v) is 6.82. The fourth-order valence-electron chi connectivity index (χ4n) is 1.55. The lowest BCUT2D eigenvalue weighted by atomic mass is 10.1. The zero-order chi connectivity index (χ0) is 13.5. The highest BCUT2D eigenvalue weighted by molar-refractivity contribution is 5.21. The molecule has 1 atom stereocenters. The summed E-state index contributed by atoms with van der Waals surface area (Å²) in [5.41, 5.74) is 0. The van der Waals surface area contributed by atoms with Crippen LogP contribution in [0, 0.1) is 5.92 Å². The van der Waals surface area contributed by atoms with Crippen LogP contribution in [0.5, 0.6) is 0 Å². The normalized spacial score (nSPS) is 13.0. The van der Waals surface area contributed by atoms with Crippen molar-refractivity contribution in [2.24, 2.45) is 5.92 Å². The van der Waals surface area contributed by atoms with E-state index in [4.69, 9.17) is 4.42 Å². The maximum absolute atomic E-state index is 5.68. The number of hydrogen-bond acceptors (Lipinski definition) is 5. The Hall–Kier alpha value is -1.10. The zero-order valence-corrected chi connectivity index (χ0v) is 12.2. The minimum absolute atomic E-state index is 0.115. The van der Waals surface area contributed by atoms with Gasteiger partial charge in [-0.1, -0.05) is 25.9 Å². The van der Waals surface area contributed by atoms with E-state index in [2.05, 4.69) is 36.3 Å². The molecule has 0 spiro atoms. The third-order valence-electron chi connectivity index (χ3n) is 2.87. The van der Waals surface area contributed by atoms with Crippen molar-refractivity contribution in [3.05, 3.63) is 5.89 Å². The molecule has 1 N–H and O–H groups in total. The van der Waals surface area contributed by atoms with Gasteiger partial charge >= 0.3 is 6.01 Å². The fourth-order valence-corrected chi connectivity index (χ4v) is 1.55. The van der Waals surface area contributed by atoms with Gasteiger partial charge < -0.3 is 14.6 Å². The SMILES string of the molecule is CCCNC(C)c1nnc(N(C)CCC(C)C)o1. The molecule has 0 bridgehead atoms. The number of anilines is 1. The van der Waals surface area contributed by atoms with Gasteiger partial charge in [0.15, 0.2) is 0 Å². The molecule has 0 fully saturated rings. The summed E-state index contributed by atoms with van der Waals surface area (Å²) in [6.45, 7) is 10.5. The summed E-state index contributed by atoms with van der Waals surface area (Å²) >= 11 is 0. The van der Waals surface area contributed by atoms with Crippen LogP contribution in [0.2, 0.25) is 0 Å². The Morgan fingerprint density at radius 3 is 2.61 bits per heavy atom. The van der Waals surface area contributed by atoms with E-state index in [1.165, 1.54) is 0 Å². The van der Waals surface area contributed by atoms with E-state index in [1.54, 1.807) is 0 Å². The molecule has 0 aliphatic carbocycles. The summed E-state index contributed by atoms with van der Waals surface area (Å²) in [6, 6.07) is 0.723. The van der Waals surface area contributed by atoms with E-state index >= 15 is 0 Å². The van der Waals surface area contributed by atoms with Crippen LogP contribution < -0.4 is 10.2 Å². The maximum Gasteiger partial charge on any atom is 0.317 e. The van der Waals surface area contributed by atoms with Crippen molar-refractivity contribution in [3.8, 4) is 0 Å². The van der Waals surface area contributed by atoms with Crippen molar-refractivity contribution < 1.29 is 4.42 Å². The smallest absolute Gasteiger partial charge is 0.317 e. The van der Waals surface area contributed by atoms with Crippen LogP contribution in [0.25, 0.3) is 0 Å². The molecule has 1 aromatic heterocycles. The van der Waals surface area contributed by atoms with E-state index in [0.717, 1.165) is 25.9 Å². The topological polar surface area (TPSA) is 54.2 Å². The van der Waals surface area contributed by atoms with Gasteiger partial charge in [-0.3, -0.25) is 0 Å². The monoisotopic (exact) mass is 254 g/mol. The van der Waals surface area contributed by atoms with Crippen LogP contribution >= 0.6 is 0 Å². The van der Waals surface area contributed by atoms with E-state index in [9.17, 15) is 0 Å². The van der Waals surface area contributed by atoms with Gasteiger partial charge in [-0.15, -0.1) is 5.10 Å². The fraction of sp³-hybridized carbons (Fsp3) is 0.846. The molecule has 1 aromatic rings. The lowest BCUT2D eigenvalue weighted by molar-refractivity contribution is 0.414. The van der Waals surface area contributed by atoms with Crippen molar-refractivity contribution >= 4 is 6.01 Å². The van der Waals surface area contributed by atoms with E-state index < -0.39 is 0 Å². The van der Waals surface area contributed by atoms with Crippen LogP contribution in [0.1, 0.15) is 52.5 Å². The van der Waals surface area contributed by atoms with Gasteiger partial charge in [0.05, 0.1) is 6.04 Å². The second kappa shape index (κ2) is 7.36. The maximum atomic E-state index is 5.68. The highest BCUT2D eigenvalue weighted by Gasteiger charge is 2.15. The summed E-state index contributed by atoms with van der Waals surface area (Å²) in [5.74, 6) is 1.34. The van der Waals surface area contributed by atoms with Crippen LogP contribution in [-0.2, 0) is 0 Å². The Bertz CT molecular complexity index is 337. The van der Waals surface area contributed by atoms with E-state index in [0.29, 0.717) is 17.8 Å². The number of nitrogens with one attached hydrogen (secondary N) is 1. The molecule has 0 aliphatic rings. The molecule has 104 valence electrons. The highest BCUT2D eigenvalue weighted by Crippen LogP contribution is 2.17. The Balaban J connectivity index is 2.51. The molecular weight excluding hydrogens is 228 g/mol. The Morgan fingerprint density at radius 2 is 2.00 bits per heavy atom. The number of rotatable bonds is 8. The van der Waals surface area contributed by atoms with Gasteiger partial charge in [-0.2, -0.15) is 0 Å². The average Bonchev–Trinajstić information content (AvgIpc) is 2.82. The first-order valence-electron chi connectivity index (χ1n) is 6.82. The lowest BCUT2D eigenvalue weighted by Crippen LogP contribution is -2.20. The zero-order valence-electron chi connectivity index (χ0n) is 12.2. The molecule has 1 heterocycles. The average molecular weight is 254 g/mol. The van der Waals surface area contributed by atoms with E-state index in [-0.39, 0.29) is 6.04 Å². The molecule has 0 aromatic carbocycles. The van der Waals surface area contributed by atoms with Gasteiger partial charge in [-0.05, 0) is 32.2 Å². The predicted octanol–water partition coefficient (Wildman–Crippen LogP) is 2.61. The summed E-state index contributed by atoms with van der Waals surface area (Å²) in [4.78, 5) is 2.02. The standard InChI is InChI=1S/C13H26N4O/c1-6-8-14-11(4)12-15-16-13(18-12)17(5)9-7-10(2)3/h10-11,14H,6-9H2,1-5H3. The molecule has 18 heavy (non-hydrogen) atoms. The van der Waals surface area contributed by atoms with Crippen LogP contribution in [-0.4, -0.2) is 30.3 Å². The molecule has 0 amide bonds. The second-order valence-corrected chi connectivity index (χ2v) is 5.20. The minimum Gasteiger partial charge on any atom is -0.406 e. The summed E-state index contributed by atoms with van der Waals surface area (Å²) in [7, 11) is 1.99. The van der Waals surface area contributed by atoms with Gasteiger partial charge in [-0.25, -0.2) is 0 Å². The van der Waals surface area contributed by atoms with Gasteiger partial charge in [0, 0.05) is 13.6 Å². The number of hydrogen-bond donors (Lipinski definition) is 1. The van der Waals surface area contributed by atoms with Crippen molar-refractivity contribution in [1.29, 1.82) is 0 Å². The van der Waals surface area contributed by atoms with E-state index in [1.807, 2.05) is 18.9 Å². The summed E-state index contributed by atoms with van der Waals surface area (Å²) in [6.07, 6.45) is 2.22. The molecular formula is C13H26N4O. The highest BCUT2D eigenvalue weighted by atomic mass is 16.4. The largest absolute Gasteiger partial charge is 0.406 e. The molecule has 5 heteroatoms. The van der Waals surface area contributed by atoms with Crippen LogP contribution in [0.3, 0.4) is 0 Å². The number of aromatic nitrogens is 2. The first-order chi connectivity index (χ1) is 8.54. The lowest BCUT2D eigenvalue weighted by Gasteiger charge is -2.15. The summed E-state index contributed by atoms with van der Waals surface area (Å²) in [5, 5.41) is 11.5. The number of nitrogens with zero attached hydrogens (tertiary/aromatic N) is 3. The van der Waals surface area contributed by atoms with Crippen molar-refractivity contribution in [1.82, 2.24) is 15.5 Å². The summed E-state index contributed by atoms with van der Waals surface area (Å²) < 4.78 is 5.68. The van der Waals surface area contributed by atoms with Crippen molar-refractivity contribution in [2.45, 2.75) is 46.6 Å².